The van der Waals surface area contributed by atoms with Gasteiger partial charge in [0.25, 0.3) is 0 Å². The molecule has 270 valence electrons. The maximum absolute atomic E-state index is 2.50. The zero-order valence-electron chi connectivity index (χ0n) is 31.4. The number of thiophene rings is 1. The molecule has 3 heterocycles. The van der Waals surface area contributed by atoms with E-state index in [4.69, 9.17) is 0 Å². The molecule has 2 nitrogen and oxygen atoms in total. The summed E-state index contributed by atoms with van der Waals surface area (Å²) in [6.07, 6.45) is 0. The number of nitrogens with zero attached hydrogens (tertiary/aromatic N) is 2. The largest absolute Gasteiger partial charge is 0.309 e. The number of hydrogen-bond acceptors (Lipinski definition) is 1. The normalized spacial score (nSPS) is 13.3. The van der Waals surface area contributed by atoms with Crippen molar-refractivity contribution in [2.75, 3.05) is 0 Å². The lowest BCUT2D eigenvalue weighted by atomic mass is 9.67. The van der Waals surface area contributed by atoms with Gasteiger partial charge in [0.1, 0.15) is 0 Å². The van der Waals surface area contributed by atoms with Gasteiger partial charge in [0, 0.05) is 53.1 Å². The van der Waals surface area contributed by atoms with Crippen molar-refractivity contribution in [2.45, 2.75) is 5.41 Å². The van der Waals surface area contributed by atoms with Crippen molar-refractivity contribution >= 4 is 75.1 Å². The highest BCUT2D eigenvalue weighted by atomic mass is 32.1. The van der Waals surface area contributed by atoms with Gasteiger partial charge in [-0.1, -0.05) is 146 Å². The zero-order valence-corrected chi connectivity index (χ0v) is 32.2. The van der Waals surface area contributed by atoms with E-state index in [1.54, 1.807) is 0 Å². The van der Waals surface area contributed by atoms with Gasteiger partial charge in [0.2, 0.25) is 0 Å². The minimum Gasteiger partial charge on any atom is -0.309 e. The first kappa shape index (κ1) is 31.9. The Hall–Kier alpha value is -7.20. The van der Waals surface area contributed by atoms with E-state index in [0.29, 0.717) is 0 Å². The Bertz CT molecular complexity index is 3530. The maximum Gasteiger partial charge on any atom is 0.0715 e. The second-order valence-electron chi connectivity index (χ2n) is 15.6. The van der Waals surface area contributed by atoms with E-state index in [-0.39, 0.29) is 0 Å². The molecule has 1 aliphatic carbocycles. The van der Waals surface area contributed by atoms with Crippen molar-refractivity contribution in [3.8, 4) is 22.5 Å². The molecule has 0 bridgehead atoms. The van der Waals surface area contributed by atoms with E-state index in [2.05, 4.69) is 215 Å². The van der Waals surface area contributed by atoms with Gasteiger partial charge in [-0.15, -0.1) is 11.3 Å². The molecule has 0 saturated carbocycles. The molecule has 3 aromatic heterocycles. The molecule has 0 unspecified atom stereocenters. The van der Waals surface area contributed by atoms with Crippen molar-refractivity contribution < 1.29 is 0 Å². The fourth-order valence-corrected chi connectivity index (χ4v) is 11.5. The molecular formula is C55H34N2S. The van der Waals surface area contributed by atoms with Crippen molar-refractivity contribution in [3.63, 3.8) is 0 Å². The van der Waals surface area contributed by atoms with Gasteiger partial charge in [0.15, 0.2) is 0 Å². The van der Waals surface area contributed by atoms with E-state index in [1.807, 2.05) is 11.3 Å². The molecule has 0 aliphatic heterocycles. The van der Waals surface area contributed by atoms with Crippen LogP contribution in [0.25, 0.3) is 86.3 Å². The summed E-state index contributed by atoms with van der Waals surface area (Å²) in [5.41, 5.74) is 14.3. The quantitative estimate of drug-likeness (QED) is 0.169. The average molecular weight is 755 g/mol. The molecule has 3 heteroatoms. The van der Waals surface area contributed by atoms with Gasteiger partial charge in [-0.25, -0.2) is 0 Å². The first-order chi connectivity index (χ1) is 28.8. The Kier molecular flexibility index (Phi) is 6.56. The Balaban J connectivity index is 1.12. The van der Waals surface area contributed by atoms with Gasteiger partial charge in [-0.05, 0) is 94.0 Å². The molecule has 12 aromatic rings. The van der Waals surface area contributed by atoms with Crippen LogP contribution < -0.4 is 0 Å². The molecule has 58 heavy (non-hydrogen) atoms. The Morgan fingerprint density at radius 2 is 0.759 bits per heavy atom. The highest BCUT2D eigenvalue weighted by Crippen LogP contribution is 2.57. The van der Waals surface area contributed by atoms with E-state index < -0.39 is 5.41 Å². The number of rotatable bonds is 4. The number of fused-ring (bicyclic) bond motifs is 12. The molecule has 0 amide bonds. The predicted octanol–water partition coefficient (Wildman–Crippen LogP) is 14.6. The summed E-state index contributed by atoms with van der Waals surface area (Å²) in [6, 6.07) is 76.9. The van der Waals surface area contributed by atoms with Crippen LogP contribution in [0.1, 0.15) is 22.3 Å². The van der Waals surface area contributed by atoms with Crippen LogP contribution in [-0.4, -0.2) is 9.13 Å². The smallest absolute Gasteiger partial charge is 0.0715 e. The zero-order chi connectivity index (χ0) is 38.0. The van der Waals surface area contributed by atoms with Gasteiger partial charge in [0.05, 0.1) is 27.5 Å². The third-order valence-electron chi connectivity index (χ3n) is 12.8. The van der Waals surface area contributed by atoms with E-state index >= 15 is 0 Å². The molecule has 0 fully saturated rings. The van der Waals surface area contributed by atoms with Crippen LogP contribution >= 0.6 is 11.3 Å². The topological polar surface area (TPSA) is 9.86 Å². The highest BCUT2D eigenvalue weighted by molar-refractivity contribution is 7.25. The first-order valence-electron chi connectivity index (χ1n) is 20.0. The highest BCUT2D eigenvalue weighted by Gasteiger charge is 2.46. The van der Waals surface area contributed by atoms with Crippen LogP contribution in [0.5, 0.6) is 0 Å². The summed E-state index contributed by atoms with van der Waals surface area (Å²) >= 11 is 1.88. The minimum atomic E-state index is -0.574. The van der Waals surface area contributed by atoms with Crippen LogP contribution in [-0.2, 0) is 5.41 Å². The molecular weight excluding hydrogens is 721 g/mol. The van der Waals surface area contributed by atoms with Crippen LogP contribution in [0.15, 0.2) is 206 Å². The standard InChI is InChI=1S/C55H34N2S/c1-3-15-35(16-4-1)55(36-17-5-2-6-18-36)47-31-37(56-49-23-11-7-19-41(49)42-20-8-12-24-50(42)56)27-29-39(47)40-30-28-38(32-48(40)55)57-51-25-13-9-21-43(51)45-33-46-44-22-10-14-26-53(44)58-54(46)34-52(45)57/h1-34H. The molecule has 9 aromatic carbocycles. The Labute approximate surface area is 339 Å². The Morgan fingerprint density at radius 3 is 1.31 bits per heavy atom. The molecule has 0 saturated heterocycles. The first-order valence-corrected chi connectivity index (χ1v) is 20.8. The molecule has 0 atom stereocenters. The third-order valence-corrected chi connectivity index (χ3v) is 13.9. The van der Waals surface area contributed by atoms with Crippen molar-refractivity contribution in [1.82, 2.24) is 9.13 Å². The van der Waals surface area contributed by atoms with Crippen LogP contribution in [0.4, 0.5) is 0 Å². The minimum absolute atomic E-state index is 0.574. The van der Waals surface area contributed by atoms with Crippen molar-refractivity contribution in [2.24, 2.45) is 0 Å². The number of benzene rings is 9. The van der Waals surface area contributed by atoms with Gasteiger partial charge in [-0.2, -0.15) is 0 Å². The monoisotopic (exact) mass is 754 g/mol. The van der Waals surface area contributed by atoms with Gasteiger partial charge < -0.3 is 9.13 Å². The summed E-state index contributed by atoms with van der Waals surface area (Å²) in [5.74, 6) is 0. The van der Waals surface area contributed by atoms with E-state index in [1.165, 1.54) is 97.2 Å². The average Bonchev–Trinajstić information content (AvgIpc) is 4.01. The summed E-state index contributed by atoms with van der Waals surface area (Å²) < 4.78 is 7.59. The van der Waals surface area contributed by atoms with E-state index in [9.17, 15) is 0 Å². The molecule has 13 rings (SSSR count). The third kappa shape index (κ3) is 4.21. The molecule has 1 aliphatic rings. The number of para-hydroxylation sites is 3. The van der Waals surface area contributed by atoms with Crippen molar-refractivity contribution in [1.29, 1.82) is 0 Å². The van der Waals surface area contributed by atoms with Crippen LogP contribution in [0, 0.1) is 0 Å². The lowest BCUT2D eigenvalue weighted by Crippen LogP contribution is -2.28. The van der Waals surface area contributed by atoms with Gasteiger partial charge in [-0.3, -0.25) is 0 Å². The molecule has 0 N–H and O–H groups in total. The van der Waals surface area contributed by atoms with Gasteiger partial charge >= 0.3 is 0 Å². The lowest BCUT2D eigenvalue weighted by Gasteiger charge is -2.34. The predicted molar refractivity (Wildman–Crippen MR) is 245 cm³/mol. The van der Waals surface area contributed by atoms with Crippen LogP contribution in [0.2, 0.25) is 0 Å². The number of aromatic nitrogens is 2. The fraction of sp³-hybridized carbons (Fsp3) is 0.0182. The summed E-state index contributed by atoms with van der Waals surface area (Å²) in [7, 11) is 0. The number of hydrogen-bond donors (Lipinski definition) is 0. The summed E-state index contributed by atoms with van der Waals surface area (Å²) in [4.78, 5) is 0. The SMILES string of the molecule is c1ccc(C2(c3ccccc3)c3cc(-n4c5ccccc5c5ccccc54)ccc3-c3ccc(-n4c5ccccc5c5cc6c(cc54)sc4ccccc46)cc32)cc1. The Morgan fingerprint density at radius 1 is 0.310 bits per heavy atom. The second kappa shape index (κ2) is 11.9. The summed E-state index contributed by atoms with van der Waals surface area (Å²) in [5, 5.41) is 7.74. The fourth-order valence-electron chi connectivity index (χ4n) is 10.4. The van der Waals surface area contributed by atoms with Crippen LogP contribution in [0.3, 0.4) is 0 Å². The molecule has 0 radical (unpaired) electrons. The van der Waals surface area contributed by atoms with Crippen molar-refractivity contribution in [3.05, 3.63) is 229 Å². The molecule has 0 spiro atoms. The lowest BCUT2D eigenvalue weighted by molar-refractivity contribution is 0.766. The summed E-state index contributed by atoms with van der Waals surface area (Å²) in [6.45, 7) is 0. The second-order valence-corrected chi connectivity index (χ2v) is 16.7. The maximum atomic E-state index is 2.50. The van der Waals surface area contributed by atoms with E-state index in [0.717, 1.165) is 11.4 Å².